The Hall–Kier alpha value is -2.83. The number of hydrogen-bond acceptors (Lipinski definition) is 5. The molecular weight excluding hydrogens is 438 g/mol. The van der Waals surface area contributed by atoms with Gasteiger partial charge in [-0.05, 0) is 61.0 Å². The van der Waals surface area contributed by atoms with E-state index in [9.17, 15) is 4.79 Å². The van der Waals surface area contributed by atoms with Gasteiger partial charge in [-0.1, -0.05) is 56.6 Å². The van der Waals surface area contributed by atoms with E-state index in [2.05, 4.69) is 43.1 Å². The van der Waals surface area contributed by atoms with Crippen molar-refractivity contribution in [3.63, 3.8) is 0 Å². The molecule has 3 aromatic rings. The third kappa shape index (κ3) is 6.83. The van der Waals surface area contributed by atoms with Crippen molar-refractivity contribution in [2.45, 2.75) is 33.7 Å². The Morgan fingerprint density at radius 3 is 2.36 bits per heavy atom. The summed E-state index contributed by atoms with van der Waals surface area (Å²) in [5, 5.41) is 7.67. The number of carbonyl (C=O) groups is 1. The van der Waals surface area contributed by atoms with E-state index in [4.69, 9.17) is 20.9 Å². The number of carbonyl (C=O) groups excluding carboxylic acids is 1. The summed E-state index contributed by atoms with van der Waals surface area (Å²) >= 11 is 6.05. The predicted octanol–water partition coefficient (Wildman–Crippen LogP) is 5.84. The molecule has 33 heavy (non-hydrogen) atoms. The largest absolute Gasteiger partial charge is 0.493 e. The van der Waals surface area contributed by atoms with Crippen molar-refractivity contribution in [2.24, 2.45) is 5.92 Å². The first-order valence-electron chi connectivity index (χ1n) is 11.4. The second-order valence-electron chi connectivity index (χ2n) is 8.30. The van der Waals surface area contributed by atoms with Gasteiger partial charge in [-0.2, -0.15) is 0 Å². The molecule has 0 spiro atoms. The van der Waals surface area contributed by atoms with Crippen molar-refractivity contribution < 1.29 is 14.1 Å². The molecule has 1 aromatic heterocycles. The lowest BCUT2D eigenvalue weighted by Crippen LogP contribution is -2.38. The maximum absolute atomic E-state index is 12.8. The molecule has 0 saturated heterocycles. The summed E-state index contributed by atoms with van der Waals surface area (Å²) in [6.45, 7) is 11.3. The Morgan fingerprint density at radius 2 is 1.76 bits per heavy atom. The second kappa shape index (κ2) is 11.9. The number of benzene rings is 2. The highest BCUT2D eigenvalue weighted by atomic mass is 35.5. The van der Waals surface area contributed by atoms with Crippen LogP contribution in [0.1, 0.15) is 49.8 Å². The summed E-state index contributed by atoms with van der Waals surface area (Å²) in [7, 11) is 0. The smallest absolute Gasteiger partial charge is 0.273 e. The van der Waals surface area contributed by atoms with Crippen LogP contribution in [-0.2, 0) is 0 Å². The zero-order valence-electron chi connectivity index (χ0n) is 19.7. The minimum absolute atomic E-state index is 0.0333. The summed E-state index contributed by atoms with van der Waals surface area (Å²) in [5.41, 5.74) is 2.18. The van der Waals surface area contributed by atoms with Crippen LogP contribution in [0.4, 0.5) is 0 Å². The third-order valence-corrected chi connectivity index (χ3v) is 5.68. The first kappa shape index (κ1) is 24.8. The van der Waals surface area contributed by atoms with Crippen molar-refractivity contribution in [3.8, 4) is 17.1 Å². The van der Waals surface area contributed by atoms with Crippen LogP contribution in [0, 0.1) is 5.92 Å². The van der Waals surface area contributed by atoms with Crippen LogP contribution >= 0.6 is 11.6 Å². The van der Waals surface area contributed by atoms with Gasteiger partial charge in [0.2, 0.25) is 0 Å². The Bertz CT molecular complexity index is 1010. The minimum Gasteiger partial charge on any atom is -0.493 e. The van der Waals surface area contributed by atoms with Crippen LogP contribution in [0.3, 0.4) is 0 Å². The topological polar surface area (TPSA) is 67.6 Å². The van der Waals surface area contributed by atoms with Gasteiger partial charge in [0.05, 0.1) is 12.6 Å². The number of nitrogens with zero attached hydrogens (tertiary/aromatic N) is 2. The molecule has 0 bridgehead atoms. The quantitative estimate of drug-likeness (QED) is 0.382. The zero-order valence-corrected chi connectivity index (χ0v) is 20.4. The highest BCUT2D eigenvalue weighted by molar-refractivity contribution is 6.30. The van der Waals surface area contributed by atoms with Crippen molar-refractivity contribution in [1.82, 2.24) is 15.4 Å². The van der Waals surface area contributed by atoms with E-state index in [1.807, 2.05) is 48.5 Å². The third-order valence-electron chi connectivity index (χ3n) is 5.43. The van der Waals surface area contributed by atoms with Gasteiger partial charge in [0.25, 0.3) is 5.91 Å². The minimum atomic E-state index is -0.270. The van der Waals surface area contributed by atoms with Crippen molar-refractivity contribution in [3.05, 3.63) is 70.9 Å². The molecule has 2 aromatic carbocycles. The number of halogens is 1. The number of amides is 1. The van der Waals surface area contributed by atoms with Crippen molar-refractivity contribution >= 4 is 17.5 Å². The second-order valence-corrected chi connectivity index (χ2v) is 8.74. The van der Waals surface area contributed by atoms with Crippen LogP contribution < -0.4 is 10.1 Å². The fourth-order valence-corrected chi connectivity index (χ4v) is 3.71. The molecule has 0 saturated carbocycles. The van der Waals surface area contributed by atoms with Gasteiger partial charge in [-0.15, -0.1) is 0 Å². The van der Waals surface area contributed by atoms with E-state index in [1.165, 1.54) is 0 Å². The average molecular weight is 470 g/mol. The Balaban J connectivity index is 1.66. The van der Waals surface area contributed by atoms with Crippen LogP contribution in [-0.4, -0.2) is 42.2 Å². The normalized spacial score (nSPS) is 12.2. The molecule has 6 nitrogen and oxygen atoms in total. The molecule has 0 radical (unpaired) electrons. The molecular formula is C26H32ClN3O3. The molecule has 1 unspecified atom stereocenters. The monoisotopic (exact) mass is 469 g/mol. The lowest BCUT2D eigenvalue weighted by molar-refractivity contribution is 0.0926. The maximum atomic E-state index is 12.8. The summed E-state index contributed by atoms with van der Waals surface area (Å²) < 4.78 is 11.1. The molecule has 1 atom stereocenters. The van der Waals surface area contributed by atoms with Crippen LogP contribution in [0.15, 0.2) is 59.1 Å². The van der Waals surface area contributed by atoms with Crippen LogP contribution in [0.25, 0.3) is 11.3 Å². The lowest BCUT2D eigenvalue weighted by atomic mass is 10.0. The van der Waals surface area contributed by atoms with Gasteiger partial charge in [-0.25, -0.2) is 0 Å². The van der Waals surface area contributed by atoms with E-state index >= 15 is 0 Å². The molecule has 7 heteroatoms. The molecule has 1 heterocycles. The number of likely N-dealkylation sites (N-methyl/N-ethyl adjacent to an activating group) is 1. The van der Waals surface area contributed by atoms with Gasteiger partial charge in [0, 0.05) is 23.2 Å². The summed E-state index contributed by atoms with van der Waals surface area (Å²) in [6.07, 6.45) is 0. The predicted molar refractivity (Wildman–Crippen MR) is 132 cm³/mol. The van der Waals surface area contributed by atoms with Crippen LogP contribution in [0.2, 0.25) is 5.02 Å². The summed E-state index contributed by atoms with van der Waals surface area (Å²) in [4.78, 5) is 15.1. The fourth-order valence-electron chi connectivity index (χ4n) is 3.58. The molecule has 1 N–H and O–H groups in total. The molecule has 0 aliphatic heterocycles. The molecule has 0 aliphatic rings. The van der Waals surface area contributed by atoms with Gasteiger partial charge < -0.3 is 14.6 Å². The highest BCUT2D eigenvalue weighted by Gasteiger charge is 2.21. The molecule has 0 aliphatic carbocycles. The number of nitrogens with one attached hydrogen (secondary N) is 1. The van der Waals surface area contributed by atoms with Gasteiger partial charge >= 0.3 is 0 Å². The molecule has 3 rings (SSSR count). The Morgan fingerprint density at radius 1 is 1.09 bits per heavy atom. The molecule has 176 valence electrons. The highest BCUT2D eigenvalue weighted by Crippen LogP contribution is 2.24. The lowest BCUT2D eigenvalue weighted by Gasteiger charge is -2.30. The van der Waals surface area contributed by atoms with Crippen LogP contribution in [0.5, 0.6) is 5.75 Å². The summed E-state index contributed by atoms with van der Waals surface area (Å²) in [5.74, 6) is 1.53. The summed E-state index contributed by atoms with van der Waals surface area (Å²) in [6, 6.07) is 17.0. The number of hydrogen-bond donors (Lipinski definition) is 1. The van der Waals surface area contributed by atoms with E-state index in [0.29, 0.717) is 29.9 Å². The first-order chi connectivity index (χ1) is 15.9. The average Bonchev–Trinajstić information content (AvgIpc) is 3.32. The van der Waals surface area contributed by atoms with E-state index in [1.54, 1.807) is 6.07 Å². The van der Waals surface area contributed by atoms with E-state index in [0.717, 1.165) is 30.0 Å². The Kier molecular flexibility index (Phi) is 8.92. The maximum Gasteiger partial charge on any atom is 0.273 e. The number of ether oxygens (including phenoxy) is 1. The van der Waals surface area contributed by atoms with Crippen molar-refractivity contribution in [1.29, 1.82) is 0 Å². The SMILES string of the molecule is CCN(CC)C(CNC(=O)c1cc(-c2ccc(OCC(C)C)cc2)on1)c1ccc(Cl)cc1. The van der Waals surface area contributed by atoms with Gasteiger partial charge in [-0.3, -0.25) is 9.69 Å². The van der Waals surface area contributed by atoms with E-state index in [-0.39, 0.29) is 17.6 Å². The first-order valence-corrected chi connectivity index (χ1v) is 11.8. The molecule has 0 fully saturated rings. The van der Waals surface area contributed by atoms with Crippen molar-refractivity contribution in [2.75, 3.05) is 26.2 Å². The fraction of sp³-hybridized carbons (Fsp3) is 0.385. The standard InChI is InChI=1S/C26H32ClN3O3/c1-5-30(6-2)24(19-7-11-21(27)12-8-19)16-28-26(31)23-15-25(33-29-23)20-9-13-22(14-10-20)32-17-18(3)4/h7-15,18,24H,5-6,16-17H2,1-4H3,(H,28,31). The number of rotatable bonds is 11. The Labute approximate surface area is 200 Å². The zero-order chi connectivity index (χ0) is 23.8. The van der Waals surface area contributed by atoms with E-state index < -0.39 is 0 Å². The van der Waals surface area contributed by atoms with Gasteiger partial charge in [0.1, 0.15) is 5.75 Å². The molecule has 1 amide bonds. The van der Waals surface area contributed by atoms with Gasteiger partial charge in [0.15, 0.2) is 11.5 Å². The number of aromatic nitrogens is 1.